The molecule has 1 N–H and O–H groups in total. The number of hydrogen-bond donors (Lipinski definition) is 1. The van der Waals surface area contributed by atoms with Crippen LogP contribution in [0.2, 0.25) is 10.2 Å². The molecule has 2 atom stereocenters. The number of amides is 1. The normalized spacial score (nSPS) is 22.6. The molecule has 0 spiro atoms. The van der Waals surface area contributed by atoms with E-state index in [9.17, 15) is 9.59 Å². The van der Waals surface area contributed by atoms with Crippen molar-refractivity contribution in [3.8, 4) is 0 Å². The van der Waals surface area contributed by atoms with Crippen molar-refractivity contribution in [2.24, 2.45) is 5.92 Å². The fourth-order valence-corrected chi connectivity index (χ4v) is 2.63. The van der Waals surface area contributed by atoms with Gasteiger partial charge in [0.15, 0.2) is 0 Å². The molecule has 7 heteroatoms. The van der Waals surface area contributed by atoms with Gasteiger partial charge in [-0.1, -0.05) is 23.2 Å². The highest BCUT2D eigenvalue weighted by Crippen LogP contribution is 2.28. The van der Waals surface area contributed by atoms with Gasteiger partial charge < -0.3 is 10.0 Å². The number of carbonyl (C=O) groups is 2. The molecule has 0 radical (unpaired) electrons. The van der Waals surface area contributed by atoms with Gasteiger partial charge in [0.05, 0.1) is 16.5 Å². The molecule has 1 saturated heterocycles. The van der Waals surface area contributed by atoms with Gasteiger partial charge in [-0.2, -0.15) is 0 Å². The molecule has 5 nitrogen and oxygen atoms in total. The van der Waals surface area contributed by atoms with Gasteiger partial charge in [0.25, 0.3) is 5.91 Å². The lowest BCUT2D eigenvalue weighted by Gasteiger charge is -2.23. The number of likely N-dealkylation sites (tertiary alicyclic amines) is 1. The van der Waals surface area contributed by atoms with Crippen LogP contribution in [0.3, 0.4) is 0 Å². The van der Waals surface area contributed by atoms with Crippen LogP contribution in [0.4, 0.5) is 0 Å². The zero-order valence-corrected chi connectivity index (χ0v) is 11.6. The van der Waals surface area contributed by atoms with Gasteiger partial charge >= 0.3 is 5.97 Å². The lowest BCUT2D eigenvalue weighted by Crippen LogP contribution is -2.37. The Morgan fingerprint density at radius 3 is 2.74 bits per heavy atom. The Morgan fingerprint density at radius 1 is 1.47 bits per heavy atom. The number of carboxylic acids is 1. The summed E-state index contributed by atoms with van der Waals surface area (Å²) < 4.78 is 0. The van der Waals surface area contributed by atoms with Crippen LogP contribution in [0.5, 0.6) is 0 Å². The molecule has 1 aliphatic heterocycles. The van der Waals surface area contributed by atoms with Crippen LogP contribution in [0, 0.1) is 5.92 Å². The summed E-state index contributed by atoms with van der Waals surface area (Å²) in [6.45, 7) is 2.12. The van der Waals surface area contributed by atoms with E-state index in [-0.39, 0.29) is 27.7 Å². The van der Waals surface area contributed by atoms with Gasteiger partial charge in [0.2, 0.25) is 0 Å². The summed E-state index contributed by atoms with van der Waals surface area (Å²) in [7, 11) is 0. The smallest absolute Gasteiger partial charge is 0.308 e. The Hall–Kier alpha value is -1.33. The average molecular weight is 303 g/mol. The molecule has 19 heavy (non-hydrogen) atoms. The molecule has 1 aromatic heterocycles. The number of aliphatic carboxylic acids is 1. The molecule has 102 valence electrons. The molecular formula is C12H12Cl2N2O3. The first kappa shape index (κ1) is 14.1. The van der Waals surface area contributed by atoms with Crippen LogP contribution in [0.15, 0.2) is 12.3 Å². The second-order valence-corrected chi connectivity index (χ2v) is 5.25. The fourth-order valence-electron chi connectivity index (χ4n) is 2.29. The lowest BCUT2D eigenvalue weighted by atomic mass is 10.0. The standard InChI is InChI=1S/C12H12Cl2N2O3/c1-6-7(12(18)19)2-3-16(6)11(17)8-4-10(14)15-5-9(8)13/h4-7H,2-3H2,1H3,(H,18,19). The van der Waals surface area contributed by atoms with Gasteiger partial charge in [-0.25, -0.2) is 4.98 Å². The second kappa shape index (κ2) is 5.35. The van der Waals surface area contributed by atoms with Crippen LogP contribution in [0.1, 0.15) is 23.7 Å². The van der Waals surface area contributed by atoms with Gasteiger partial charge in [-0.3, -0.25) is 9.59 Å². The van der Waals surface area contributed by atoms with E-state index in [1.165, 1.54) is 17.2 Å². The first-order valence-corrected chi connectivity index (χ1v) is 6.52. The van der Waals surface area contributed by atoms with Crippen molar-refractivity contribution in [2.75, 3.05) is 6.54 Å². The third-order valence-electron chi connectivity index (χ3n) is 3.39. The molecule has 0 saturated carbocycles. The largest absolute Gasteiger partial charge is 0.481 e. The molecule has 1 amide bonds. The summed E-state index contributed by atoms with van der Waals surface area (Å²) >= 11 is 11.7. The summed E-state index contributed by atoms with van der Waals surface area (Å²) in [6, 6.07) is 1.03. The minimum atomic E-state index is -0.887. The fraction of sp³-hybridized carbons (Fsp3) is 0.417. The number of rotatable bonds is 2. The van der Waals surface area contributed by atoms with Gasteiger partial charge in [-0.15, -0.1) is 0 Å². The average Bonchev–Trinajstić information content (AvgIpc) is 2.73. The summed E-state index contributed by atoms with van der Waals surface area (Å²) in [4.78, 5) is 28.7. The van der Waals surface area contributed by atoms with Crippen molar-refractivity contribution in [1.29, 1.82) is 0 Å². The molecule has 2 rings (SSSR count). The molecule has 0 aliphatic carbocycles. The van der Waals surface area contributed by atoms with E-state index in [1.807, 2.05) is 0 Å². The van der Waals surface area contributed by atoms with E-state index in [0.29, 0.717) is 13.0 Å². The van der Waals surface area contributed by atoms with Crippen LogP contribution in [-0.4, -0.2) is 39.5 Å². The Kier molecular flexibility index (Phi) is 3.96. The quantitative estimate of drug-likeness (QED) is 0.851. The number of aromatic nitrogens is 1. The Balaban J connectivity index is 2.26. The predicted octanol–water partition coefficient (Wildman–Crippen LogP) is 2.32. The number of halogens is 2. The van der Waals surface area contributed by atoms with Crippen molar-refractivity contribution in [3.63, 3.8) is 0 Å². The molecular weight excluding hydrogens is 291 g/mol. The number of pyridine rings is 1. The number of hydrogen-bond acceptors (Lipinski definition) is 3. The molecule has 1 aromatic rings. The maximum atomic E-state index is 12.4. The van der Waals surface area contributed by atoms with E-state index in [2.05, 4.69) is 4.98 Å². The highest BCUT2D eigenvalue weighted by molar-refractivity contribution is 6.35. The van der Waals surface area contributed by atoms with Crippen LogP contribution < -0.4 is 0 Å². The second-order valence-electron chi connectivity index (χ2n) is 4.46. The first-order chi connectivity index (χ1) is 8.91. The third-order valence-corrected chi connectivity index (χ3v) is 3.89. The highest BCUT2D eigenvalue weighted by Gasteiger charge is 2.38. The van der Waals surface area contributed by atoms with E-state index < -0.39 is 11.9 Å². The minimum Gasteiger partial charge on any atom is -0.481 e. The molecule has 0 aromatic carbocycles. The van der Waals surface area contributed by atoms with Crippen molar-refractivity contribution in [1.82, 2.24) is 9.88 Å². The van der Waals surface area contributed by atoms with E-state index in [1.54, 1.807) is 6.92 Å². The van der Waals surface area contributed by atoms with E-state index in [4.69, 9.17) is 28.3 Å². The van der Waals surface area contributed by atoms with Gasteiger partial charge in [0.1, 0.15) is 5.15 Å². The molecule has 2 heterocycles. The molecule has 0 bridgehead atoms. The maximum Gasteiger partial charge on any atom is 0.308 e. The van der Waals surface area contributed by atoms with Crippen LogP contribution in [-0.2, 0) is 4.79 Å². The molecule has 2 unspecified atom stereocenters. The first-order valence-electron chi connectivity index (χ1n) is 5.76. The Labute approximate surface area is 120 Å². The zero-order chi connectivity index (χ0) is 14.2. The van der Waals surface area contributed by atoms with Crippen molar-refractivity contribution >= 4 is 35.1 Å². The minimum absolute atomic E-state index is 0.175. The maximum absolute atomic E-state index is 12.4. The topological polar surface area (TPSA) is 70.5 Å². The van der Waals surface area contributed by atoms with Crippen molar-refractivity contribution in [3.05, 3.63) is 28.0 Å². The van der Waals surface area contributed by atoms with Crippen molar-refractivity contribution < 1.29 is 14.7 Å². The third kappa shape index (κ3) is 2.67. The monoisotopic (exact) mass is 302 g/mol. The Morgan fingerprint density at radius 2 is 2.16 bits per heavy atom. The number of nitrogens with zero attached hydrogens (tertiary/aromatic N) is 2. The lowest BCUT2D eigenvalue weighted by molar-refractivity contribution is -0.142. The zero-order valence-electron chi connectivity index (χ0n) is 10.1. The highest BCUT2D eigenvalue weighted by atomic mass is 35.5. The SMILES string of the molecule is CC1C(C(=O)O)CCN1C(=O)c1cc(Cl)ncc1Cl. The van der Waals surface area contributed by atoms with Crippen LogP contribution in [0.25, 0.3) is 0 Å². The molecule has 1 fully saturated rings. The summed E-state index contributed by atoms with van der Waals surface area (Å²) in [5.74, 6) is -1.74. The van der Waals surface area contributed by atoms with E-state index >= 15 is 0 Å². The van der Waals surface area contributed by atoms with Gasteiger partial charge in [0, 0.05) is 18.8 Å². The summed E-state index contributed by atoms with van der Waals surface area (Å²) in [5.41, 5.74) is 0.250. The Bertz CT molecular complexity index is 536. The van der Waals surface area contributed by atoms with Gasteiger partial charge in [-0.05, 0) is 19.4 Å². The summed E-state index contributed by atoms with van der Waals surface area (Å²) in [6.07, 6.45) is 1.76. The number of carbonyl (C=O) groups excluding carboxylic acids is 1. The molecule has 1 aliphatic rings. The van der Waals surface area contributed by atoms with Crippen molar-refractivity contribution in [2.45, 2.75) is 19.4 Å². The van der Waals surface area contributed by atoms with E-state index in [0.717, 1.165) is 0 Å². The summed E-state index contributed by atoms with van der Waals surface area (Å²) in [5, 5.41) is 9.44. The number of carboxylic acid groups (broad SMARTS) is 1. The van der Waals surface area contributed by atoms with Crippen LogP contribution >= 0.6 is 23.2 Å². The predicted molar refractivity (Wildman–Crippen MR) is 70.5 cm³/mol.